The van der Waals surface area contributed by atoms with Crippen molar-refractivity contribution in [3.8, 4) is 0 Å². The third kappa shape index (κ3) is 2.69. The molecular formula is C11H21N3O. The summed E-state index contributed by atoms with van der Waals surface area (Å²) in [6.45, 7) is 3.02. The van der Waals surface area contributed by atoms with E-state index in [1.807, 2.05) is 7.05 Å². The molecule has 1 amide bonds. The molecule has 2 N–H and O–H groups in total. The monoisotopic (exact) mass is 211 g/mol. The zero-order valence-corrected chi connectivity index (χ0v) is 9.46. The summed E-state index contributed by atoms with van der Waals surface area (Å²) in [5.74, 6) is 0.217. The van der Waals surface area contributed by atoms with Crippen LogP contribution in [0, 0.1) is 0 Å². The van der Waals surface area contributed by atoms with Crippen molar-refractivity contribution in [1.82, 2.24) is 15.5 Å². The van der Waals surface area contributed by atoms with Crippen LogP contribution in [0.15, 0.2) is 0 Å². The molecule has 0 aromatic heterocycles. The van der Waals surface area contributed by atoms with Crippen LogP contribution in [0.5, 0.6) is 0 Å². The maximum atomic E-state index is 11.8. The normalized spacial score (nSPS) is 31.3. The van der Waals surface area contributed by atoms with Crippen LogP contribution in [-0.4, -0.2) is 49.6 Å². The highest BCUT2D eigenvalue weighted by Gasteiger charge is 2.27. The first-order valence-electron chi connectivity index (χ1n) is 5.98. The summed E-state index contributed by atoms with van der Waals surface area (Å²) in [7, 11) is 2.03. The summed E-state index contributed by atoms with van der Waals surface area (Å²) in [6.07, 6.45) is 4.50. The van der Waals surface area contributed by atoms with Gasteiger partial charge in [0.2, 0.25) is 5.91 Å². The summed E-state index contributed by atoms with van der Waals surface area (Å²) in [6, 6.07) is 0.769. The van der Waals surface area contributed by atoms with Crippen molar-refractivity contribution in [2.75, 3.05) is 26.7 Å². The van der Waals surface area contributed by atoms with E-state index < -0.39 is 0 Å². The number of carbonyl (C=O) groups is 1. The Balaban J connectivity index is 1.63. The number of hydrogen-bond donors (Lipinski definition) is 2. The summed E-state index contributed by atoms with van der Waals surface area (Å²) in [5, 5.41) is 6.37. The van der Waals surface area contributed by atoms with Crippen molar-refractivity contribution in [3.63, 3.8) is 0 Å². The highest BCUT2D eigenvalue weighted by molar-refractivity contribution is 5.81. The number of hydrogen-bond acceptors (Lipinski definition) is 3. The quantitative estimate of drug-likeness (QED) is 0.685. The SMILES string of the molecule is CN1CCCC1C(=O)NCCC1CCN1. The number of likely N-dealkylation sites (tertiary alicyclic amines) is 1. The Hall–Kier alpha value is -0.610. The molecule has 0 saturated carbocycles. The average molecular weight is 211 g/mol. The van der Waals surface area contributed by atoms with Gasteiger partial charge in [0.25, 0.3) is 0 Å². The van der Waals surface area contributed by atoms with Crippen LogP contribution >= 0.6 is 0 Å². The predicted molar refractivity (Wildman–Crippen MR) is 59.7 cm³/mol. The van der Waals surface area contributed by atoms with Crippen LogP contribution in [0.3, 0.4) is 0 Å². The minimum absolute atomic E-state index is 0.124. The van der Waals surface area contributed by atoms with Gasteiger partial charge in [0, 0.05) is 12.6 Å². The van der Waals surface area contributed by atoms with E-state index >= 15 is 0 Å². The number of amides is 1. The molecule has 2 heterocycles. The molecule has 86 valence electrons. The van der Waals surface area contributed by atoms with Crippen LogP contribution < -0.4 is 10.6 Å². The Kier molecular flexibility index (Phi) is 3.59. The third-order valence-corrected chi connectivity index (χ3v) is 3.54. The first-order valence-corrected chi connectivity index (χ1v) is 5.98. The summed E-state index contributed by atoms with van der Waals surface area (Å²) in [5.41, 5.74) is 0. The fraction of sp³-hybridized carbons (Fsp3) is 0.909. The summed E-state index contributed by atoms with van der Waals surface area (Å²) >= 11 is 0. The molecule has 0 radical (unpaired) electrons. The second kappa shape index (κ2) is 4.94. The lowest BCUT2D eigenvalue weighted by Gasteiger charge is -2.28. The maximum absolute atomic E-state index is 11.8. The molecule has 0 bridgehead atoms. The van der Waals surface area contributed by atoms with Crippen molar-refractivity contribution < 1.29 is 4.79 Å². The van der Waals surface area contributed by atoms with Crippen molar-refractivity contribution in [2.24, 2.45) is 0 Å². The molecule has 2 atom stereocenters. The fourth-order valence-corrected chi connectivity index (χ4v) is 2.32. The Bertz CT molecular complexity index is 228. The first-order chi connectivity index (χ1) is 7.27. The van der Waals surface area contributed by atoms with Gasteiger partial charge in [-0.05, 0) is 45.8 Å². The minimum atomic E-state index is 0.124. The van der Waals surface area contributed by atoms with Crippen LogP contribution in [0.4, 0.5) is 0 Å². The topological polar surface area (TPSA) is 44.4 Å². The Morgan fingerprint density at radius 1 is 1.53 bits per heavy atom. The van der Waals surface area contributed by atoms with Crippen LogP contribution in [0.2, 0.25) is 0 Å². The van der Waals surface area contributed by atoms with Crippen molar-refractivity contribution >= 4 is 5.91 Å². The number of likely N-dealkylation sites (N-methyl/N-ethyl adjacent to an activating group) is 1. The molecule has 0 aromatic rings. The van der Waals surface area contributed by atoms with Gasteiger partial charge in [-0.1, -0.05) is 0 Å². The van der Waals surface area contributed by atoms with E-state index in [0.29, 0.717) is 6.04 Å². The van der Waals surface area contributed by atoms with Gasteiger partial charge in [-0.2, -0.15) is 0 Å². The van der Waals surface area contributed by atoms with E-state index in [2.05, 4.69) is 15.5 Å². The Labute approximate surface area is 91.4 Å². The zero-order valence-electron chi connectivity index (χ0n) is 9.46. The lowest BCUT2D eigenvalue weighted by molar-refractivity contribution is -0.125. The second-order valence-electron chi connectivity index (χ2n) is 4.66. The van der Waals surface area contributed by atoms with Crippen molar-refractivity contribution in [3.05, 3.63) is 0 Å². The van der Waals surface area contributed by atoms with Gasteiger partial charge in [-0.15, -0.1) is 0 Å². The largest absolute Gasteiger partial charge is 0.355 e. The van der Waals surface area contributed by atoms with E-state index in [0.717, 1.165) is 38.9 Å². The van der Waals surface area contributed by atoms with E-state index in [1.165, 1.54) is 6.42 Å². The van der Waals surface area contributed by atoms with Gasteiger partial charge >= 0.3 is 0 Å². The fourth-order valence-electron chi connectivity index (χ4n) is 2.32. The Morgan fingerprint density at radius 2 is 2.33 bits per heavy atom. The second-order valence-corrected chi connectivity index (χ2v) is 4.66. The van der Waals surface area contributed by atoms with Gasteiger partial charge in [0.15, 0.2) is 0 Å². The standard InChI is InChI=1S/C11H21N3O/c1-14-8-2-3-10(14)11(15)13-7-5-9-4-6-12-9/h9-10,12H,2-8H2,1H3,(H,13,15). The average Bonchev–Trinajstić information content (AvgIpc) is 2.55. The molecule has 0 spiro atoms. The highest BCUT2D eigenvalue weighted by Crippen LogP contribution is 2.14. The minimum Gasteiger partial charge on any atom is -0.355 e. The number of nitrogens with zero attached hydrogens (tertiary/aromatic N) is 1. The number of rotatable bonds is 4. The van der Waals surface area contributed by atoms with Gasteiger partial charge in [0.1, 0.15) is 0 Å². The van der Waals surface area contributed by atoms with Gasteiger partial charge in [0.05, 0.1) is 6.04 Å². The molecule has 2 fully saturated rings. The van der Waals surface area contributed by atoms with E-state index in [-0.39, 0.29) is 11.9 Å². The summed E-state index contributed by atoms with van der Waals surface area (Å²) in [4.78, 5) is 13.9. The van der Waals surface area contributed by atoms with E-state index in [1.54, 1.807) is 0 Å². The van der Waals surface area contributed by atoms with Crippen LogP contribution in [0.1, 0.15) is 25.7 Å². The molecule has 0 aromatic carbocycles. The molecule has 2 aliphatic rings. The van der Waals surface area contributed by atoms with Crippen LogP contribution in [0.25, 0.3) is 0 Å². The van der Waals surface area contributed by atoms with Crippen LogP contribution in [-0.2, 0) is 4.79 Å². The lowest BCUT2D eigenvalue weighted by atomic mass is 10.0. The molecule has 4 nitrogen and oxygen atoms in total. The summed E-state index contributed by atoms with van der Waals surface area (Å²) < 4.78 is 0. The van der Waals surface area contributed by atoms with Gasteiger partial charge in [-0.25, -0.2) is 0 Å². The first kappa shape index (κ1) is 10.9. The Morgan fingerprint density at radius 3 is 2.87 bits per heavy atom. The maximum Gasteiger partial charge on any atom is 0.237 e. The molecule has 2 aliphatic heterocycles. The molecule has 2 saturated heterocycles. The molecule has 0 aliphatic carbocycles. The molecule has 15 heavy (non-hydrogen) atoms. The number of carbonyl (C=O) groups excluding carboxylic acids is 1. The molecule has 4 heteroatoms. The van der Waals surface area contributed by atoms with Gasteiger partial charge in [-0.3, -0.25) is 9.69 Å². The van der Waals surface area contributed by atoms with Gasteiger partial charge < -0.3 is 10.6 Å². The highest BCUT2D eigenvalue weighted by atomic mass is 16.2. The van der Waals surface area contributed by atoms with Crippen molar-refractivity contribution in [2.45, 2.75) is 37.8 Å². The molecule has 2 unspecified atom stereocenters. The predicted octanol–water partition coefficient (Wildman–Crippen LogP) is -0.0512. The molecule has 2 rings (SSSR count). The van der Waals surface area contributed by atoms with E-state index in [9.17, 15) is 4.79 Å². The van der Waals surface area contributed by atoms with E-state index in [4.69, 9.17) is 0 Å². The lowest BCUT2D eigenvalue weighted by Crippen LogP contribution is -2.46. The number of nitrogens with one attached hydrogen (secondary N) is 2. The van der Waals surface area contributed by atoms with Crippen molar-refractivity contribution in [1.29, 1.82) is 0 Å². The zero-order chi connectivity index (χ0) is 10.7. The smallest absolute Gasteiger partial charge is 0.237 e. The molecular weight excluding hydrogens is 190 g/mol. The third-order valence-electron chi connectivity index (χ3n) is 3.54.